The Morgan fingerprint density at radius 2 is 2.13 bits per heavy atom. The molecule has 0 spiro atoms. The summed E-state index contributed by atoms with van der Waals surface area (Å²) in [5.41, 5.74) is 11.5. The number of carbonyl (C=O) groups is 3. The second kappa shape index (κ2) is 8.11. The molecule has 1 aromatic heterocycles. The van der Waals surface area contributed by atoms with Gasteiger partial charge in [-0.15, -0.1) is 11.3 Å². The third kappa shape index (κ3) is 4.57. The molecule has 30 heavy (non-hydrogen) atoms. The van der Waals surface area contributed by atoms with Gasteiger partial charge in [-0.25, -0.2) is 14.1 Å². The molecule has 1 fully saturated rings. The number of carboxylic acid groups (broad SMARTS) is 1. The van der Waals surface area contributed by atoms with Crippen LogP contribution in [0.2, 0.25) is 0 Å². The number of nitrogens with one attached hydrogen (secondary N) is 1. The smallest absolute Gasteiger partial charge is 0.362 e. The van der Waals surface area contributed by atoms with Gasteiger partial charge in [-0.2, -0.15) is 8.42 Å². The van der Waals surface area contributed by atoms with Gasteiger partial charge < -0.3 is 21.0 Å². The van der Waals surface area contributed by atoms with Crippen LogP contribution in [-0.2, 0) is 29.5 Å². The number of nitrogen functional groups attached to an aromatic ring is 1. The van der Waals surface area contributed by atoms with Crippen LogP contribution in [0.3, 0.4) is 0 Å². The topological polar surface area (TPSA) is 250 Å². The van der Waals surface area contributed by atoms with E-state index in [2.05, 4.69) is 25.5 Å². The summed E-state index contributed by atoms with van der Waals surface area (Å²) in [5, 5.41) is 19.0. The molecule has 0 radical (unpaired) electrons. The van der Waals surface area contributed by atoms with Crippen molar-refractivity contribution in [2.45, 2.75) is 31.7 Å². The highest BCUT2D eigenvalue weighted by atomic mass is 32.2. The van der Waals surface area contributed by atoms with Crippen LogP contribution in [0.15, 0.2) is 15.7 Å². The van der Waals surface area contributed by atoms with Gasteiger partial charge in [0.25, 0.3) is 11.8 Å². The summed E-state index contributed by atoms with van der Waals surface area (Å²) in [6, 6.07) is -1.66. The maximum Gasteiger partial charge on any atom is 0.362 e. The van der Waals surface area contributed by atoms with E-state index in [1.165, 1.54) is 5.38 Å². The van der Waals surface area contributed by atoms with Crippen molar-refractivity contribution in [2.75, 3.05) is 5.73 Å². The fourth-order valence-electron chi connectivity index (χ4n) is 2.01. The van der Waals surface area contributed by atoms with Crippen molar-refractivity contribution >= 4 is 50.3 Å². The van der Waals surface area contributed by atoms with Crippen molar-refractivity contribution in [3.05, 3.63) is 21.5 Å². The van der Waals surface area contributed by atoms with E-state index < -0.39 is 51.6 Å². The average molecular weight is 462 g/mol. The Bertz CT molecular complexity index is 1070. The van der Waals surface area contributed by atoms with E-state index >= 15 is 0 Å². The van der Waals surface area contributed by atoms with E-state index in [9.17, 15) is 22.8 Å². The van der Waals surface area contributed by atoms with Gasteiger partial charge in [0, 0.05) is 10.3 Å². The molecule has 1 aliphatic rings. The summed E-state index contributed by atoms with van der Waals surface area (Å²) in [4.78, 5) is 46.9. The number of azide groups is 1. The molecule has 5 N–H and O–H groups in total. The van der Waals surface area contributed by atoms with Gasteiger partial charge in [0.2, 0.25) is 5.60 Å². The Morgan fingerprint density at radius 3 is 2.60 bits per heavy atom. The molecule has 18 heteroatoms. The Hall–Kier alpha value is -3.47. The number of amides is 2. The number of oxime groups is 1. The number of aromatic nitrogens is 1. The Balaban J connectivity index is 2.34. The third-order valence-electron chi connectivity index (χ3n) is 3.59. The monoisotopic (exact) mass is 462 g/mol. The molecule has 1 saturated heterocycles. The van der Waals surface area contributed by atoms with Crippen molar-refractivity contribution in [3.63, 3.8) is 0 Å². The summed E-state index contributed by atoms with van der Waals surface area (Å²) >= 11 is 0.921. The third-order valence-corrected chi connectivity index (χ3v) is 5.15. The number of rotatable bonds is 8. The highest BCUT2D eigenvalue weighted by Gasteiger charge is 2.54. The molecular formula is C12H14N8O8S2. The molecule has 1 aromatic rings. The molecule has 2 heterocycles. The lowest BCUT2D eigenvalue weighted by Gasteiger charge is -2.41. The van der Waals surface area contributed by atoms with Crippen LogP contribution < -0.4 is 11.1 Å². The van der Waals surface area contributed by atoms with Crippen LogP contribution in [0.5, 0.6) is 0 Å². The number of anilines is 1. The minimum Gasteiger partial charge on any atom is -0.478 e. The van der Waals surface area contributed by atoms with E-state index in [1.54, 1.807) is 0 Å². The summed E-state index contributed by atoms with van der Waals surface area (Å²) in [7, 11) is -5.04. The Morgan fingerprint density at radius 1 is 1.50 bits per heavy atom. The number of β-lactam (4-membered cyclic amide) rings is 1. The van der Waals surface area contributed by atoms with Gasteiger partial charge in [0.15, 0.2) is 17.0 Å². The normalized spacial score (nSPS) is 19.5. The van der Waals surface area contributed by atoms with Crippen LogP contribution in [0.1, 0.15) is 19.5 Å². The lowest BCUT2D eigenvalue weighted by atomic mass is 10.1. The van der Waals surface area contributed by atoms with Crippen LogP contribution in [-0.4, -0.2) is 68.7 Å². The van der Waals surface area contributed by atoms with Crippen LogP contribution in [0.25, 0.3) is 10.4 Å². The molecular weight excluding hydrogens is 448 g/mol. The lowest BCUT2D eigenvalue weighted by Crippen LogP contribution is -2.71. The summed E-state index contributed by atoms with van der Waals surface area (Å²) in [6.07, 6.45) is -1.78. The van der Waals surface area contributed by atoms with Crippen molar-refractivity contribution in [3.8, 4) is 0 Å². The highest BCUT2D eigenvalue weighted by molar-refractivity contribution is 7.84. The Labute approximate surface area is 171 Å². The number of hydrogen-bond acceptors (Lipinski definition) is 11. The molecule has 0 bridgehead atoms. The van der Waals surface area contributed by atoms with E-state index in [1.807, 2.05) is 0 Å². The molecule has 0 unspecified atom stereocenters. The number of nitrogens with two attached hydrogens (primary N) is 1. The van der Waals surface area contributed by atoms with Crippen molar-refractivity contribution < 1.29 is 37.3 Å². The molecule has 0 saturated carbocycles. The van der Waals surface area contributed by atoms with Gasteiger partial charge >= 0.3 is 16.3 Å². The molecule has 2 atom stereocenters. The molecule has 1 aliphatic heterocycles. The van der Waals surface area contributed by atoms with Crippen LogP contribution in [0.4, 0.5) is 5.13 Å². The molecule has 2 rings (SSSR count). The maximum absolute atomic E-state index is 12.6. The predicted molar refractivity (Wildman–Crippen MR) is 99.1 cm³/mol. The molecule has 0 aliphatic carbocycles. The molecule has 0 aromatic carbocycles. The first-order chi connectivity index (χ1) is 13.8. The minimum atomic E-state index is -5.04. The number of hydrogen-bond donors (Lipinski definition) is 4. The largest absolute Gasteiger partial charge is 0.478 e. The summed E-state index contributed by atoms with van der Waals surface area (Å²) in [5.74, 6) is -3.83. The fraction of sp³-hybridized carbons (Fsp3) is 0.417. The van der Waals surface area contributed by atoms with Crippen molar-refractivity contribution in [1.82, 2.24) is 14.6 Å². The Kier molecular flexibility index (Phi) is 6.17. The van der Waals surface area contributed by atoms with Crippen LogP contribution in [0, 0.1) is 0 Å². The standard InChI is InChI=1S/C12H14N8O8S2/c1-12(2,10(23)24)28-18-5(4-3-29-11(13)15-4)8(21)16-6-7(17-19-14)20(9(6)22)30(25,26)27/h3,6-7H,1-2H3,(H2,13,15)(H,16,21)(H,23,24)(H,25,26,27)/t6-,7+/m0/s1. The lowest BCUT2D eigenvalue weighted by molar-refractivity contribution is -0.161. The molecule has 16 nitrogen and oxygen atoms in total. The highest BCUT2D eigenvalue weighted by Crippen LogP contribution is 2.25. The van der Waals surface area contributed by atoms with Gasteiger partial charge in [0.05, 0.1) is 0 Å². The maximum atomic E-state index is 12.6. The minimum absolute atomic E-state index is 0.0345. The zero-order valence-electron chi connectivity index (χ0n) is 15.2. The van der Waals surface area contributed by atoms with Gasteiger partial charge in [0.1, 0.15) is 11.7 Å². The zero-order chi connectivity index (χ0) is 22.9. The predicted octanol–water partition coefficient (Wildman–Crippen LogP) is -0.925. The number of carboxylic acids is 1. The van der Waals surface area contributed by atoms with Gasteiger partial charge in [-0.1, -0.05) is 10.3 Å². The number of aliphatic carboxylic acids is 1. The SMILES string of the molecule is CC(C)(ON=C(C(=O)N[C@@H]1C(=O)N(S(=O)(=O)O)[C@H]1N=[N+]=[N-])c1csc(N)n1)C(=O)O. The van der Waals surface area contributed by atoms with Crippen molar-refractivity contribution in [1.29, 1.82) is 0 Å². The average Bonchev–Trinajstić information content (AvgIpc) is 3.04. The first-order valence-corrected chi connectivity index (χ1v) is 9.94. The second-order valence-electron chi connectivity index (χ2n) is 6.10. The van der Waals surface area contributed by atoms with E-state index in [4.69, 9.17) is 25.8 Å². The zero-order valence-corrected chi connectivity index (χ0v) is 16.8. The van der Waals surface area contributed by atoms with E-state index in [0.29, 0.717) is 0 Å². The fourth-order valence-corrected chi connectivity index (χ4v) is 3.34. The van der Waals surface area contributed by atoms with Gasteiger partial charge in [-0.05, 0) is 19.4 Å². The van der Waals surface area contributed by atoms with Crippen LogP contribution >= 0.6 is 11.3 Å². The van der Waals surface area contributed by atoms with E-state index in [-0.39, 0.29) is 15.1 Å². The second-order valence-corrected chi connectivity index (χ2v) is 8.28. The summed E-state index contributed by atoms with van der Waals surface area (Å²) < 4.78 is 31.3. The molecule has 2 amide bonds. The number of thiazole rings is 1. The van der Waals surface area contributed by atoms with E-state index in [0.717, 1.165) is 25.2 Å². The first kappa shape index (κ1) is 22.8. The quantitative estimate of drug-likeness (QED) is 0.0702. The summed E-state index contributed by atoms with van der Waals surface area (Å²) in [6.45, 7) is 2.31. The number of nitrogens with zero attached hydrogens (tertiary/aromatic N) is 6. The van der Waals surface area contributed by atoms with Gasteiger partial charge in [-0.3, -0.25) is 14.1 Å². The number of carbonyl (C=O) groups excluding carboxylic acids is 2. The first-order valence-electron chi connectivity index (χ1n) is 7.66. The van der Waals surface area contributed by atoms with Crippen molar-refractivity contribution in [2.24, 2.45) is 10.3 Å². The molecule has 162 valence electrons.